The van der Waals surface area contributed by atoms with Crippen molar-refractivity contribution in [2.75, 3.05) is 20.1 Å². The van der Waals surface area contributed by atoms with Gasteiger partial charge in [0.1, 0.15) is 11.6 Å². The molecular formula is C21H26NO6+. The van der Waals surface area contributed by atoms with Crippen LogP contribution in [0.1, 0.15) is 36.8 Å². The summed E-state index contributed by atoms with van der Waals surface area (Å²) in [4.78, 5) is 12.1. The Morgan fingerprint density at radius 3 is 2.75 bits per heavy atom. The zero-order valence-corrected chi connectivity index (χ0v) is 15.9. The molecule has 2 saturated carbocycles. The van der Waals surface area contributed by atoms with Crippen LogP contribution < -0.4 is 4.74 Å². The van der Waals surface area contributed by atoms with Crippen LogP contribution in [0.15, 0.2) is 12.1 Å². The zero-order valence-electron chi connectivity index (χ0n) is 15.9. The summed E-state index contributed by atoms with van der Waals surface area (Å²) in [6.07, 6.45) is 2.22. The fourth-order valence-electron chi connectivity index (χ4n) is 7.24. The van der Waals surface area contributed by atoms with Gasteiger partial charge in [0.25, 0.3) is 0 Å². The lowest BCUT2D eigenvalue weighted by atomic mass is 9.55. The lowest BCUT2D eigenvalue weighted by molar-refractivity contribution is -0.950. The minimum absolute atomic E-state index is 0.0585. The number of aliphatic hydroxyl groups is 2. The number of rotatable bonds is 3. The molecule has 1 aromatic rings. The van der Waals surface area contributed by atoms with Gasteiger partial charge < -0.3 is 29.6 Å². The Morgan fingerprint density at radius 2 is 2.07 bits per heavy atom. The highest BCUT2D eigenvalue weighted by Gasteiger charge is 2.84. The van der Waals surface area contributed by atoms with E-state index < -0.39 is 28.7 Å². The van der Waals surface area contributed by atoms with E-state index in [-0.39, 0.29) is 24.0 Å². The summed E-state index contributed by atoms with van der Waals surface area (Å²) in [5.74, 6) is -0.519. The third kappa shape index (κ3) is 1.63. The van der Waals surface area contributed by atoms with E-state index in [0.717, 1.165) is 24.2 Å². The number of nitrogens with zero attached hydrogens (tertiary/aromatic N) is 1. The van der Waals surface area contributed by atoms with E-state index in [1.165, 1.54) is 12.8 Å². The maximum atomic E-state index is 12.2. The fourth-order valence-corrected chi connectivity index (χ4v) is 7.24. The second-order valence-corrected chi connectivity index (χ2v) is 10.0. The maximum absolute atomic E-state index is 12.2. The second kappa shape index (κ2) is 4.66. The zero-order chi connectivity index (χ0) is 19.7. The predicted molar refractivity (Wildman–Crippen MR) is 97.1 cm³/mol. The average Bonchev–Trinajstić information content (AvgIpc) is 3.29. The molecule has 0 aromatic heterocycles. The Labute approximate surface area is 162 Å². The van der Waals surface area contributed by atoms with Crippen molar-refractivity contribution in [3.05, 3.63) is 23.3 Å². The second-order valence-electron chi connectivity index (χ2n) is 10.0. The number of carboxylic acid groups (broad SMARTS) is 1. The molecule has 2 aliphatic heterocycles. The van der Waals surface area contributed by atoms with Gasteiger partial charge in [-0.2, -0.15) is 0 Å². The predicted octanol–water partition coefficient (Wildman–Crippen LogP) is 0.526. The van der Waals surface area contributed by atoms with Crippen LogP contribution in [0, 0.1) is 5.92 Å². The monoisotopic (exact) mass is 388 g/mol. The highest BCUT2D eigenvalue weighted by molar-refractivity contribution is 5.82. The van der Waals surface area contributed by atoms with E-state index >= 15 is 0 Å². The van der Waals surface area contributed by atoms with Gasteiger partial charge in [-0.25, -0.2) is 4.79 Å². The van der Waals surface area contributed by atoms with Crippen molar-refractivity contribution in [2.45, 2.75) is 60.9 Å². The third-order valence-electron chi connectivity index (χ3n) is 8.57. The standard InChI is InChI=1S/C21H25NO6/c1-22(9-11-2-3-11)7-6-19-15-12-4-5-13(23)16(15)28-17(19)20(26,18(24)25)10-21(19,27)14(22)8-12/h4-5,11,14,17,26-27H,2-3,6-10H2,1H3,(H-,23,24,25)/p+1/t14-,17-,19+,20-,21+,22?/m1/s1. The van der Waals surface area contributed by atoms with Crippen molar-refractivity contribution in [3.63, 3.8) is 0 Å². The van der Waals surface area contributed by atoms with Crippen LogP contribution in [0.25, 0.3) is 0 Å². The molecule has 150 valence electrons. The summed E-state index contributed by atoms with van der Waals surface area (Å²) in [5.41, 5.74) is -2.84. The van der Waals surface area contributed by atoms with E-state index in [1.807, 2.05) is 6.07 Å². The van der Waals surface area contributed by atoms with Gasteiger partial charge in [-0.05, 0) is 24.5 Å². The van der Waals surface area contributed by atoms with Crippen LogP contribution in [0.4, 0.5) is 0 Å². The normalized spacial score (nSPS) is 47.5. The smallest absolute Gasteiger partial charge is 0.339 e. The molecule has 7 nitrogen and oxygen atoms in total. The van der Waals surface area contributed by atoms with Gasteiger partial charge >= 0.3 is 5.97 Å². The maximum Gasteiger partial charge on any atom is 0.339 e. The molecule has 5 aliphatic rings. The molecule has 6 rings (SSSR count). The summed E-state index contributed by atoms with van der Waals surface area (Å²) in [6, 6.07) is 3.25. The van der Waals surface area contributed by atoms with Crippen molar-refractivity contribution in [2.24, 2.45) is 5.92 Å². The Kier molecular flexibility index (Phi) is 2.84. The van der Waals surface area contributed by atoms with E-state index in [4.69, 9.17) is 4.74 Å². The van der Waals surface area contributed by atoms with Crippen molar-refractivity contribution in [1.82, 2.24) is 0 Å². The molecule has 6 atom stereocenters. The van der Waals surface area contributed by atoms with Gasteiger partial charge in [0.05, 0.1) is 25.6 Å². The van der Waals surface area contributed by atoms with E-state index in [1.54, 1.807) is 6.07 Å². The lowest BCUT2D eigenvalue weighted by Crippen LogP contribution is -2.76. The molecule has 1 unspecified atom stereocenters. The molecule has 4 N–H and O–H groups in total. The SMILES string of the molecule is C[N+]1(CC2CC2)CC[C@]23c4c5ccc(O)c4O[C@H]2[C@@](O)(C(=O)O)C[C@]3(O)[C@H]1C5. The van der Waals surface area contributed by atoms with Crippen LogP contribution in [0.3, 0.4) is 0 Å². The molecule has 0 radical (unpaired) electrons. The summed E-state index contributed by atoms with van der Waals surface area (Å²) >= 11 is 0. The van der Waals surface area contributed by atoms with Crippen LogP contribution in [-0.4, -0.2) is 74.4 Å². The number of hydrogen-bond donors (Lipinski definition) is 4. The molecule has 3 fully saturated rings. The topological polar surface area (TPSA) is 107 Å². The molecule has 1 spiro atoms. The summed E-state index contributed by atoms with van der Waals surface area (Å²) < 4.78 is 6.68. The lowest BCUT2D eigenvalue weighted by Gasteiger charge is -2.60. The van der Waals surface area contributed by atoms with Gasteiger partial charge in [0, 0.05) is 30.7 Å². The summed E-state index contributed by atoms with van der Waals surface area (Å²) in [7, 11) is 2.17. The Bertz CT molecular complexity index is 930. The molecular weight excluding hydrogens is 362 g/mol. The molecule has 7 heteroatoms. The molecule has 2 bridgehead atoms. The van der Waals surface area contributed by atoms with Crippen LogP contribution in [0.5, 0.6) is 11.5 Å². The average molecular weight is 388 g/mol. The van der Waals surface area contributed by atoms with Gasteiger partial charge in [-0.3, -0.25) is 0 Å². The van der Waals surface area contributed by atoms with Crippen molar-refractivity contribution in [3.8, 4) is 11.5 Å². The Hall–Kier alpha value is -1.83. The number of carbonyl (C=O) groups is 1. The summed E-state index contributed by atoms with van der Waals surface area (Å²) in [5, 5.41) is 43.7. The molecule has 0 amide bonds. The van der Waals surface area contributed by atoms with Crippen LogP contribution in [0.2, 0.25) is 0 Å². The highest BCUT2D eigenvalue weighted by Crippen LogP contribution is 2.70. The van der Waals surface area contributed by atoms with E-state index in [2.05, 4.69) is 7.05 Å². The first kappa shape index (κ1) is 17.1. The number of benzene rings is 1. The molecule has 1 aromatic carbocycles. The van der Waals surface area contributed by atoms with E-state index in [9.17, 15) is 25.2 Å². The Balaban J connectivity index is 1.62. The van der Waals surface area contributed by atoms with Gasteiger partial charge in [-0.1, -0.05) is 6.07 Å². The highest BCUT2D eigenvalue weighted by atomic mass is 16.5. The van der Waals surface area contributed by atoms with Crippen LogP contribution in [-0.2, 0) is 16.6 Å². The molecule has 3 aliphatic carbocycles. The van der Waals surface area contributed by atoms with Gasteiger partial charge in [0.15, 0.2) is 17.6 Å². The largest absolute Gasteiger partial charge is 0.504 e. The number of ether oxygens (including phenoxy) is 1. The fraction of sp³-hybridized carbons (Fsp3) is 0.667. The number of carboxylic acids is 1. The number of aromatic hydroxyl groups is 1. The number of phenolic OH excluding ortho intramolecular Hbond substituents is 1. The number of aliphatic carboxylic acids is 1. The van der Waals surface area contributed by atoms with Crippen LogP contribution >= 0.6 is 0 Å². The number of likely N-dealkylation sites (N-methyl/N-ethyl adjacent to an activating group) is 1. The molecule has 1 saturated heterocycles. The van der Waals surface area contributed by atoms with Crippen molar-refractivity contribution in [1.29, 1.82) is 0 Å². The van der Waals surface area contributed by atoms with E-state index in [0.29, 0.717) is 23.2 Å². The first-order valence-electron chi connectivity index (χ1n) is 10.2. The van der Waals surface area contributed by atoms with Crippen molar-refractivity contribution < 1.29 is 34.4 Å². The number of quaternary nitrogens is 1. The quantitative estimate of drug-likeness (QED) is 0.563. The minimum atomic E-state index is -2.19. The number of phenols is 1. The first-order chi connectivity index (χ1) is 13.2. The van der Waals surface area contributed by atoms with Gasteiger partial charge in [-0.15, -0.1) is 0 Å². The first-order valence-corrected chi connectivity index (χ1v) is 10.2. The molecule has 28 heavy (non-hydrogen) atoms. The third-order valence-corrected chi connectivity index (χ3v) is 8.57. The molecule has 2 heterocycles. The van der Waals surface area contributed by atoms with Gasteiger partial charge in [0.2, 0.25) is 5.60 Å². The number of likely N-dealkylation sites (tertiary alicyclic amines) is 1. The summed E-state index contributed by atoms with van der Waals surface area (Å²) in [6.45, 7) is 1.77. The number of hydrogen-bond acceptors (Lipinski definition) is 5. The number of piperidine rings is 1. The Morgan fingerprint density at radius 1 is 1.32 bits per heavy atom. The minimum Gasteiger partial charge on any atom is -0.504 e. The van der Waals surface area contributed by atoms with Crippen molar-refractivity contribution >= 4 is 5.97 Å².